The second-order valence-electron chi connectivity index (χ2n) is 3.06. The Bertz CT molecular complexity index is 327. The van der Waals surface area contributed by atoms with Crippen molar-refractivity contribution >= 4 is 7.32 Å². The number of rotatable bonds is 4. The van der Waals surface area contributed by atoms with Gasteiger partial charge in [-0.3, -0.25) is 0 Å². The normalized spacial score (nSPS) is 8.93. The van der Waals surface area contributed by atoms with Crippen LogP contribution in [-0.2, 0) is 11.1 Å². The number of unbranched alkanes of at least 4 members (excludes halogenated alkanes) is 1. The summed E-state index contributed by atoms with van der Waals surface area (Å²) in [6.45, 7) is 0. The zero-order valence-electron chi connectivity index (χ0n) is 8.39. The van der Waals surface area contributed by atoms with E-state index in [1.165, 1.54) is 5.56 Å². The fraction of sp³-hybridized carbons (Fsp3) is 0.273. The highest BCUT2D eigenvalue weighted by Crippen LogP contribution is 2.03. The zero-order valence-corrected chi connectivity index (χ0v) is 8.39. The van der Waals surface area contributed by atoms with Crippen LogP contribution in [0.2, 0.25) is 0 Å². The molecule has 0 aliphatic rings. The molecule has 0 amide bonds. The standard InChI is InChI=1S/C11H13BO3/c13-12(14)15-10-6-2-5-9-11-7-3-1-4-8-11/h1,3-4,7-8,13-14H,2,5,9H2. The highest BCUT2D eigenvalue weighted by molar-refractivity contribution is 6.33. The van der Waals surface area contributed by atoms with Crippen LogP contribution in [0, 0.1) is 12.0 Å². The average Bonchev–Trinajstić information content (AvgIpc) is 2.24. The van der Waals surface area contributed by atoms with Gasteiger partial charge in [-0.1, -0.05) is 36.3 Å². The van der Waals surface area contributed by atoms with Gasteiger partial charge in [-0.25, -0.2) is 0 Å². The highest BCUT2D eigenvalue weighted by atomic mass is 16.6. The second-order valence-corrected chi connectivity index (χ2v) is 3.06. The molecule has 0 aliphatic heterocycles. The molecule has 0 saturated carbocycles. The molecular weight excluding hydrogens is 191 g/mol. The minimum Gasteiger partial charge on any atom is -0.462 e. The van der Waals surface area contributed by atoms with Crippen molar-refractivity contribution in [3.8, 4) is 12.0 Å². The molecule has 0 radical (unpaired) electrons. The first kappa shape index (κ1) is 11.6. The molecule has 4 heteroatoms. The van der Waals surface area contributed by atoms with Crippen LogP contribution in [0.15, 0.2) is 30.3 Å². The maximum absolute atomic E-state index is 8.32. The van der Waals surface area contributed by atoms with Crippen molar-refractivity contribution in [3.63, 3.8) is 0 Å². The third-order valence-electron chi connectivity index (χ3n) is 1.85. The van der Waals surface area contributed by atoms with Gasteiger partial charge in [0.2, 0.25) is 0 Å². The van der Waals surface area contributed by atoms with Crippen molar-refractivity contribution in [2.45, 2.75) is 19.3 Å². The van der Waals surface area contributed by atoms with Gasteiger partial charge in [0.15, 0.2) is 0 Å². The molecule has 0 aliphatic carbocycles. The smallest absolute Gasteiger partial charge is 0.462 e. The first-order valence-corrected chi connectivity index (χ1v) is 4.82. The summed E-state index contributed by atoms with van der Waals surface area (Å²) in [5.74, 6) is 2.69. The summed E-state index contributed by atoms with van der Waals surface area (Å²) in [6.07, 6.45) is 4.81. The predicted molar refractivity (Wildman–Crippen MR) is 58.4 cm³/mol. The Hall–Kier alpha value is -1.44. The van der Waals surface area contributed by atoms with Crippen molar-refractivity contribution in [2.24, 2.45) is 0 Å². The van der Waals surface area contributed by atoms with E-state index in [0.717, 1.165) is 12.8 Å². The van der Waals surface area contributed by atoms with E-state index in [1.807, 2.05) is 18.2 Å². The van der Waals surface area contributed by atoms with Crippen LogP contribution >= 0.6 is 0 Å². The zero-order chi connectivity index (χ0) is 10.9. The monoisotopic (exact) mass is 204 g/mol. The van der Waals surface area contributed by atoms with Gasteiger partial charge in [0.25, 0.3) is 0 Å². The maximum atomic E-state index is 8.32. The van der Waals surface area contributed by atoms with Gasteiger partial charge in [-0.15, -0.1) is 0 Å². The van der Waals surface area contributed by atoms with E-state index >= 15 is 0 Å². The van der Waals surface area contributed by atoms with E-state index in [0.29, 0.717) is 6.42 Å². The minimum atomic E-state index is -1.80. The molecule has 0 unspecified atom stereocenters. The average molecular weight is 204 g/mol. The Morgan fingerprint density at radius 1 is 1.20 bits per heavy atom. The minimum absolute atomic E-state index is 0.682. The number of hydrogen-bond acceptors (Lipinski definition) is 3. The Morgan fingerprint density at radius 2 is 1.93 bits per heavy atom. The summed E-state index contributed by atoms with van der Waals surface area (Å²) >= 11 is 0. The lowest BCUT2D eigenvalue weighted by Gasteiger charge is -1.96. The summed E-state index contributed by atoms with van der Waals surface area (Å²) in [6, 6.07) is 10.1. The van der Waals surface area contributed by atoms with Crippen LogP contribution in [0.3, 0.4) is 0 Å². The SMILES string of the molecule is OB(O)OC#CCCCc1ccccc1. The van der Waals surface area contributed by atoms with Gasteiger partial charge < -0.3 is 14.7 Å². The van der Waals surface area contributed by atoms with Gasteiger partial charge in [0.05, 0.1) is 6.11 Å². The summed E-state index contributed by atoms with van der Waals surface area (Å²) in [4.78, 5) is 0. The molecule has 0 atom stereocenters. The quantitative estimate of drug-likeness (QED) is 0.436. The van der Waals surface area contributed by atoms with Crippen LogP contribution in [-0.4, -0.2) is 17.4 Å². The van der Waals surface area contributed by atoms with Crippen LogP contribution in [0.1, 0.15) is 18.4 Å². The molecule has 0 saturated heterocycles. The van der Waals surface area contributed by atoms with Gasteiger partial charge in [0.1, 0.15) is 0 Å². The number of aryl methyl sites for hydroxylation is 1. The third kappa shape index (κ3) is 5.79. The molecule has 1 aromatic carbocycles. The summed E-state index contributed by atoms with van der Waals surface area (Å²) in [7, 11) is -1.80. The van der Waals surface area contributed by atoms with E-state index in [2.05, 4.69) is 28.8 Å². The van der Waals surface area contributed by atoms with Crippen molar-refractivity contribution in [3.05, 3.63) is 35.9 Å². The lowest BCUT2D eigenvalue weighted by atomic mass is 10.1. The molecule has 1 rings (SSSR count). The predicted octanol–water partition coefficient (Wildman–Crippen LogP) is 0.956. The number of benzene rings is 1. The van der Waals surface area contributed by atoms with Crippen LogP contribution in [0.5, 0.6) is 0 Å². The largest absolute Gasteiger partial charge is 0.716 e. The van der Waals surface area contributed by atoms with E-state index < -0.39 is 7.32 Å². The Kier molecular flexibility index (Phi) is 5.38. The Labute approximate surface area is 89.9 Å². The lowest BCUT2D eigenvalue weighted by Crippen LogP contribution is -2.12. The molecule has 0 fully saturated rings. The summed E-state index contributed by atoms with van der Waals surface area (Å²) in [5.41, 5.74) is 1.28. The van der Waals surface area contributed by atoms with Gasteiger partial charge in [-0.2, -0.15) is 0 Å². The summed E-state index contributed by atoms with van der Waals surface area (Å²) < 4.78 is 4.24. The summed E-state index contributed by atoms with van der Waals surface area (Å²) in [5, 5.41) is 16.6. The molecule has 0 heterocycles. The molecule has 0 bridgehead atoms. The highest BCUT2D eigenvalue weighted by Gasteiger charge is 2.06. The van der Waals surface area contributed by atoms with Gasteiger partial charge in [0, 0.05) is 6.42 Å². The fourth-order valence-electron chi connectivity index (χ4n) is 1.17. The molecule has 2 N–H and O–H groups in total. The van der Waals surface area contributed by atoms with Crippen molar-refractivity contribution in [2.75, 3.05) is 0 Å². The fourth-order valence-corrected chi connectivity index (χ4v) is 1.17. The third-order valence-corrected chi connectivity index (χ3v) is 1.85. The van der Waals surface area contributed by atoms with Crippen LogP contribution in [0.25, 0.3) is 0 Å². The molecular formula is C11H13BO3. The Balaban J connectivity index is 2.14. The van der Waals surface area contributed by atoms with E-state index in [-0.39, 0.29) is 0 Å². The van der Waals surface area contributed by atoms with Crippen molar-refractivity contribution in [1.82, 2.24) is 0 Å². The van der Waals surface area contributed by atoms with Gasteiger partial charge >= 0.3 is 7.32 Å². The molecule has 0 spiro atoms. The van der Waals surface area contributed by atoms with Crippen molar-refractivity contribution < 1.29 is 14.7 Å². The van der Waals surface area contributed by atoms with Crippen molar-refractivity contribution in [1.29, 1.82) is 0 Å². The molecule has 3 nitrogen and oxygen atoms in total. The topological polar surface area (TPSA) is 49.7 Å². The molecule has 15 heavy (non-hydrogen) atoms. The molecule has 1 aromatic rings. The Morgan fingerprint density at radius 3 is 2.60 bits per heavy atom. The number of hydrogen-bond donors (Lipinski definition) is 2. The molecule has 78 valence electrons. The first-order valence-electron chi connectivity index (χ1n) is 4.82. The maximum Gasteiger partial charge on any atom is 0.716 e. The van der Waals surface area contributed by atoms with Crippen LogP contribution in [0.4, 0.5) is 0 Å². The second kappa shape index (κ2) is 6.94. The van der Waals surface area contributed by atoms with E-state index in [4.69, 9.17) is 10.0 Å². The van der Waals surface area contributed by atoms with Gasteiger partial charge in [-0.05, 0) is 18.4 Å². The molecule has 0 aromatic heterocycles. The van der Waals surface area contributed by atoms with E-state index in [9.17, 15) is 0 Å². The van der Waals surface area contributed by atoms with Crippen LogP contribution < -0.4 is 0 Å². The first-order chi connectivity index (χ1) is 7.29. The van der Waals surface area contributed by atoms with E-state index in [1.54, 1.807) is 0 Å². The lowest BCUT2D eigenvalue weighted by molar-refractivity contribution is 0.270.